The second-order valence-corrected chi connectivity index (χ2v) is 5.89. The van der Waals surface area contributed by atoms with E-state index in [2.05, 4.69) is 0 Å². The first-order chi connectivity index (χ1) is 9.39. The smallest absolute Gasteiger partial charge is 0.327 e. The summed E-state index contributed by atoms with van der Waals surface area (Å²) >= 11 is 0. The first-order valence-corrected chi connectivity index (χ1v) is 7.26. The molecule has 0 amide bonds. The van der Waals surface area contributed by atoms with Gasteiger partial charge in [0.15, 0.2) is 0 Å². The third-order valence-electron chi connectivity index (χ3n) is 4.51. The summed E-state index contributed by atoms with van der Waals surface area (Å²) in [6.45, 7) is 1.98. The zero-order valence-corrected chi connectivity index (χ0v) is 11.8. The molecule has 0 radical (unpaired) electrons. The number of alkyl halides is 3. The van der Waals surface area contributed by atoms with E-state index in [4.69, 9.17) is 5.73 Å². The monoisotopic (exact) mass is 285 g/mol. The van der Waals surface area contributed by atoms with Gasteiger partial charge >= 0.3 is 6.18 Å². The van der Waals surface area contributed by atoms with Crippen LogP contribution in [0.3, 0.4) is 0 Å². The van der Waals surface area contributed by atoms with Crippen molar-refractivity contribution in [2.75, 3.05) is 0 Å². The molecule has 2 N–H and O–H groups in total. The third kappa shape index (κ3) is 3.54. The van der Waals surface area contributed by atoms with E-state index in [1.807, 2.05) is 31.2 Å². The van der Waals surface area contributed by atoms with Gasteiger partial charge in [-0.3, -0.25) is 0 Å². The molecule has 112 valence electrons. The maximum atomic E-state index is 13.1. The zero-order valence-electron chi connectivity index (χ0n) is 11.8. The molecule has 0 aromatic heterocycles. The van der Waals surface area contributed by atoms with Crippen LogP contribution in [-0.4, -0.2) is 12.2 Å². The number of halogens is 3. The summed E-state index contributed by atoms with van der Waals surface area (Å²) in [6, 6.07) is 7.37. The molecule has 0 heterocycles. The fourth-order valence-electron chi connectivity index (χ4n) is 3.32. The van der Waals surface area contributed by atoms with Crippen molar-refractivity contribution >= 4 is 0 Å². The second-order valence-electron chi connectivity index (χ2n) is 5.89. The van der Waals surface area contributed by atoms with Gasteiger partial charge in [0.25, 0.3) is 0 Å². The molecule has 1 aromatic rings. The molecule has 4 heteroatoms. The van der Waals surface area contributed by atoms with Crippen LogP contribution >= 0.6 is 0 Å². The molecule has 20 heavy (non-hydrogen) atoms. The summed E-state index contributed by atoms with van der Waals surface area (Å²) in [4.78, 5) is 0. The summed E-state index contributed by atoms with van der Waals surface area (Å²) in [6.07, 6.45) is -1.23. The predicted octanol–water partition coefficient (Wildman–Crippen LogP) is 4.23. The van der Waals surface area contributed by atoms with Crippen LogP contribution in [0.4, 0.5) is 13.2 Å². The van der Waals surface area contributed by atoms with Crippen molar-refractivity contribution in [2.24, 2.45) is 17.6 Å². The van der Waals surface area contributed by atoms with Crippen molar-refractivity contribution in [2.45, 2.75) is 51.2 Å². The average Bonchev–Trinajstić information content (AvgIpc) is 2.40. The normalized spacial score (nSPS) is 25.4. The SMILES string of the molecule is Cc1ccccc1CC(N)C1CCCCC1C(F)(F)F. The standard InChI is InChI=1S/C16H22F3N/c1-11-6-2-3-7-12(11)10-15(20)13-8-4-5-9-14(13)16(17,18)19/h2-3,6-7,13-15H,4-5,8-10,20H2,1H3. The van der Waals surface area contributed by atoms with E-state index < -0.39 is 24.1 Å². The largest absolute Gasteiger partial charge is 0.392 e. The maximum absolute atomic E-state index is 13.1. The van der Waals surface area contributed by atoms with Gasteiger partial charge in [-0.15, -0.1) is 0 Å². The van der Waals surface area contributed by atoms with E-state index in [0.29, 0.717) is 19.3 Å². The maximum Gasteiger partial charge on any atom is 0.392 e. The van der Waals surface area contributed by atoms with Gasteiger partial charge in [-0.25, -0.2) is 0 Å². The van der Waals surface area contributed by atoms with Gasteiger partial charge in [0.05, 0.1) is 5.92 Å². The molecule has 3 atom stereocenters. The number of hydrogen-bond donors (Lipinski definition) is 1. The lowest BCUT2D eigenvalue weighted by molar-refractivity contribution is -0.198. The fraction of sp³-hybridized carbons (Fsp3) is 0.625. The van der Waals surface area contributed by atoms with Gasteiger partial charge in [-0.1, -0.05) is 37.1 Å². The Kier molecular flexibility index (Phi) is 4.74. The average molecular weight is 285 g/mol. The molecule has 1 nitrogen and oxygen atoms in total. The Labute approximate surface area is 118 Å². The van der Waals surface area contributed by atoms with Crippen LogP contribution in [0.1, 0.15) is 36.8 Å². The van der Waals surface area contributed by atoms with E-state index in [0.717, 1.165) is 17.5 Å². The van der Waals surface area contributed by atoms with E-state index in [1.165, 1.54) is 0 Å². The molecule has 1 fully saturated rings. The number of nitrogens with two attached hydrogens (primary N) is 1. The first kappa shape index (κ1) is 15.4. The lowest BCUT2D eigenvalue weighted by atomic mass is 9.73. The van der Waals surface area contributed by atoms with Crippen LogP contribution in [0.2, 0.25) is 0 Å². The molecule has 1 aliphatic rings. The van der Waals surface area contributed by atoms with Gasteiger partial charge in [0.1, 0.15) is 0 Å². The highest BCUT2D eigenvalue weighted by Gasteiger charge is 2.47. The highest BCUT2D eigenvalue weighted by molar-refractivity contribution is 5.26. The molecule has 3 unspecified atom stereocenters. The molecular weight excluding hydrogens is 263 g/mol. The molecule has 1 aliphatic carbocycles. The highest BCUT2D eigenvalue weighted by Crippen LogP contribution is 2.43. The quantitative estimate of drug-likeness (QED) is 0.883. The second kappa shape index (κ2) is 6.17. The summed E-state index contributed by atoms with van der Waals surface area (Å²) in [5.74, 6) is -1.67. The molecule has 0 bridgehead atoms. The van der Waals surface area contributed by atoms with E-state index >= 15 is 0 Å². The number of rotatable bonds is 3. The van der Waals surface area contributed by atoms with Gasteiger partial charge < -0.3 is 5.73 Å². The predicted molar refractivity (Wildman–Crippen MR) is 74.4 cm³/mol. The molecule has 0 saturated heterocycles. The Hall–Kier alpha value is -1.03. The molecule has 0 spiro atoms. The Morgan fingerprint density at radius 1 is 1.20 bits per heavy atom. The van der Waals surface area contributed by atoms with Gasteiger partial charge in [-0.05, 0) is 43.2 Å². The van der Waals surface area contributed by atoms with Crippen molar-refractivity contribution < 1.29 is 13.2 Å². The van der Waals surface area contributed by atoms with Gasteiger partial charge in [0.2, 0.25) is 0 Å². The molecular formula is C16H22F3N. The number of aryl methyl sites for hydroxylation is 1. The van der Waals surface area contributed by atoms with Crippen molar-refractivity contribution in [3.63, 3.8) is 0 Å². The van der Waals surface area contributed by atoms with Crippen LogP contribution in [-0.2, 0) is 6.42 Å². The Balaban J connectivity index is 2.10. The Morgan fingerprint density at radius 3 is 2.50 bits per heavy atom. The zero-order chi connectivity index (χ0) is 14.8. The topological polar surface area (TPSA) is 26.0 Å². The van der Waals surface area contributed by atoms with Crippen LogP contribution in [0.5, 0.6) is 0 Å². The van der Waals surface area contributed by atoms with Crippen molar-refractivity contribution in [1.29, 1.82) is 0 Å². The summed E-state index contributed by atoms with van der Waals surface area (Å²) < 4.78 is 39.3. The van der Waals surface area contributed by atoms with E-state index in [9.17, 15) is 13.2 Å². The molecule has 1 aromatic carbocycles. The fourth-order valence-corrected chi connectivity index (χ4v) is 3.32. The van der Waals surface area contributed by atoms with Crippen LogP contribution in [0.25, 0.3) is 0 Å². The molecule has 0 aliphatic heterocycles. The van der Waals surface area contributed by atoms with Gasteiger partial charge in [0, 0.05) is 6.04 Å². The lowest BCUT2D eigenvalue weighted by Gasteiger charge is -2.36. The van der Waals surface area contributed by atoms with E-state index in [1.54, 1.807) is 0 Å². The summed E-state index contributed by atoms with van der Waals surface area (Å²) in [5.41, 5.74) is 8.30. The van der Waals surface area contributed by atoms with Crippen LogP contribution in [0.15, 0.2) is 24.3 Å². The molecule has 1 saturated carbocycles. The third-order valence-corrected chi connectivity index (χ3v) is 4.51. The minimum absolute atomic E-state index is 0.232. The van der Waals surface area contributed by atoms with E-state index in [-0.39, 0.29) is 6.42 Å². The van der Waals surface area contributed by atoms with Gasteiger partial charge in [-0.2, -0.15) is 13.2 Å². The van der Waals surface area contributed by atoms with Crippen molar-refractivity contribution in [1.82, 2.24) is 0 Å². The van der Waals surface area contributed by atoms with Crippen molar-refractivity contribution in [3.8, 4) is 0 Å². The Morgan fingerprint density at radius 2 is 1.85 bits per heavy atom. The summed E-state index contributed by atoms with van der Waals surface area (Å²) in [7, 11) is 0. The highest BCUT2D eigenvalue weighted by atomic mass is 19.4. The summed E-state index contributed by atoms with van der Waals surface area (Å²) in [5, 5.41) is 0. The van der Waals surface area contributed by atoms with Crippen LogP contribution in [0, 0.1) is 18.8 Å². The number of hydrogen-bond acceptors (Lipinski definition) is 1. The van der Waals surface area contributed by atoms with Crippen molar-refractivity contribution in [3.05, 3.63) is 35.4 Å². The Bertz CT molecular complexity index is 442. The minimum atomic E-state index is -4.12. The first-order valence-electron chi connectivity index (χ1n) is 7.26. The number of benzene rings is 1. The minimum Gasteiger partial charge on any atom is -0.327 e. The lowest BCUT2D eigenvalue weighted by Crippen LogP contribution is -2.44. The van der Waals surface area contributed by atoms with Crippen LogP contribution < -0.4 is 5.73 Å². The molecule has 2 rings (SSSR count).